The first-order valence-corrected chi connectivity index (χ1v) is 4.91. The Labute approximate surface area is 91.3 Å². The van der Waals surface area contributed by atoms with Gasteiger partial charge in [0.25, 0.3) is 0 Å². The molecule has 0 unspecified atom stereocenters. The maximum atomic E-state index is 5.56. The number of nitrogens with zero attached hydrogens (tertiary/aromatic N) is 2. The zero-order valence-electron chi connectivity index (χ0n) is 8.69. The lowest BCUT2D eigenvalue weighted by Crippen LogP contribution is -1.81. The topological polar surface area (TPSA) is 80.7 Å². The lowest BCUT2D eigenvalue weighted by Gasteiger charge is -1.95. The molecule has 5 nitrogen and oxygen atoms in total. The van der Waals surface area contributed by atoms with Gasteiger partial charge in [-0.15, -0.1) is 0 Å². The van der Waals surface area contributed by atoms with E-state index in [9.17, 15) is 0 Å². The minimum absolute atomic E-state index is 0.478. The van der Waals surface area contributed by atoms with Crippen LogP contribution in [0.2, 0.25) is 0 Å². The van der Waals surface area contributed by atoms with Crippen molar-refractivity contribution >= 4 is 16.9 Å². The Kier molecular flexibility index (Phi) is 1.73. The van der Waals surface area contributed by atoms with Crippen LogP contribution >= 0.6 is 0 Å². The van der Waals surface area contributed by atoms with Crippen molar-refractivity contribution in [1.29, 1.82) is 0 Å². The van der Waals surface area contributed by atoms with Gasteiger partial charge in [-0.2, -0.15) is 5.10 Å². The van der Waals surface area contributed by atoms with Crippen molar-refractivity contribution in [3.8, 4) is 11.3 Å². The van der Waals surface area contributed by atoms with Crippen LogP contribution in [0.3, 0.4) is 0 Å². The van der Waals surface area contributed by atoms with Crippen LogP contribution in [0.4, 0.5) is 5.82 Å². The van der Waals surface area contributed by atoms with E-state index in [2.05, 4.69) is 15.2 Å². The van der Waals surface area contributed by atoms with Crippen LogP contribution in [0.15, 0.2) is 28.7 Å². The van der Waals surface area contributed by atoms with Crippen LogP contribution in [0.25, 0.3) is 22.4 Å². The second-order valence-electron chi connectivity index (χ2n) is 3.62. The molecule has 3 N–H and O–H groups in total. The zero-order chi connectivity index (χ0) is 11.1. The second-order valence-corrected chi connectivity index (χ2v) is 3.62. The Bertz CT molecular complexity index is 653. The number of benzene rings is 1. The number of nitrogens with one attached hydrogen (secondary N) is 1. The summed E-state index contributed by atoms with van der Waals surface area (Å²) >= 11 is 0. The van der Waals surface area contributed by atoms with Crippen molar-refractivity contribution < 1.29 is 4.42 Å². The van der Waals surface area contributed by atoms with E-state index in [1.54, 1.807) is 6.07 Å². The molecule has 0 spiro atoms. The number of rotatable bonds is 1. The number of aryl methyl sites for hydroxylation is 1. The summed E-state index contributed by atoms with van der Waals surface area (Å²) < 4.78 is 5.40. The van der Waals surface area contributed by atoms with Gasteiger partial charge in [-0.05, 0) is 18.2 Å². The van der Waals surface area contributed by atoms with Crippen molar-refractivity contribution in [2.75, 3.05) is 5.73 Å². The number of fused-ring (bicyclic) bond motifs is 1. The van der Waals surface area contributed by atoms with Gasteiger partial charge in [0.05, 0.1) is 5.69 Å². The molecule has 2 aromatic heterocycles. The SMILES string of the molecule is Cc1nc2cc(-c3cc(N)n[nH]3)ccc2o1. The molecular weight excluding hydrogens is 204 g/mol. The fraction of sp³-hybridized carbons (Fsp3) is 0.0909. The van der Waals surface area contributed by atoms with Crippen LogP contribution in [-0.2, 0) is 0 Å². The van der Waals surface area contributed by atoms with E-state index < -0.39 is 0 Å². The molecule has 80 valence electrons. The first-order valence-electron chi connectivity index (χ1n) is 4.91. The number of nitrogen functional groups attached to an aromatic ring is 1. The number of aromatic amines is 1. The Morgan fingerprint density at radius 2 is 2.19 bits per heavy atom. The Balaban J connectivity index is 2.17. The first-order chi connectivity index (χ1) is 7.72. The molecule has 0 bridgehead atoms. The predicted molar refractivity (Wildman–Crippen MR) is 60.7 cm³/mol. The van der Waals surface area contributed by atoms with E-state index in [4.69, 9.17) is 10.2 Å². The summed E-state index contributed by atoms with van der Waals surface area (Å²) in [6.07, 6.45) is 0. The number of hydrogen-bond acceptors (Lipinski definition) is 4. The van der Waals surface area contributed by atoms with Crippen molar-refractivity contribution in [3.63, 3.8) is 0 Å². The average molecular weight is 214 g/mol. The summed E-state index contributed by atoms with van der Waals surface area (Å²) in [4.78, 5) is 4.27. The maximum absolute atomic E-state index is 5.56. The maximum Gasteiger partial charge on any atom is 0.192 e. The summed E-state index contributed by atoms with van der Waals surface area (Å²) in [5.74, 6) is 1.14. The van der Waals surface area contributed by atoms with Gasteiger partial charge in [0.2, 0.25) is 0 Å². The Morgan fingerprint density at radius 3 is 2.94 bits per heavy atom. The quantitative estimate of drug-likeness (QED) is 0.650. The molecule has 0 saturated carbocycles. The van der Waals surface area contributed by atoms with Gasteiger partial charge in [-0.1, -0.05) is 0 Å². The number of anilines is 1. The third-order valence-corrected chi connectivity index (χ3v) is 2.40. The third-order valence-electron chi connectivity index (χ3n) is 2.40. The Morgan fingerprint density at radius 1 is 1.31 bits per heavy atom. The van der Waals surface area contributed by atoms with Gasteiger partial charge in [-0.25, -0.2) is 4.98 Å². The number of oxazole rings is 1. The van der Waals surface area contributed by atoms with E-state index in [0.717, 1.165) is 22.4 Å². The summed E-state index contributed by atoms with van der Waals surface area (Å²) in [5, 5.41) is 6.75. The fourth-order valence-corrected chi connectivity index (χ4v) is 1.70. The van der Waals surface area contributed by atoms with Crippen LogP contribution in [0.5, 0.6) is 0 Å². The van der Waals surface area contributed by atoms with Crippen molar-refractivity contribution in [3.05, 3.63) is 30.2 Å². The van der Waals surface area contributed by atoms with Gasteiger partial charge >= 0.3 is 0 Å². The average Bonchev–Trinajstić information content (AvgIpc) is 2.81. The minimum atomic E-state index is 0.478. The fourth-order valence-electron chi connectivity index (χ4n) is 1.70. The molecule has 5 heteroatoms. The largest absolute Gasteiger partial charge is 0.441 e. The summed E-state index contributed by atoms with van der Waals surface area (Å²) in [6.45, 7) is 1.83. The molecule has 0 aliphatic rings. The molecule has 0 saturated heterocycles. The number of hydrogen-bond donors (Lipinski definition) is 2. The van der Waals surface area contributed by atoms with E-state index in [-0.39, 0.29) is 0 Å². The molecule has 2 heterocycles. The Hall–Kier alpha value is -2.30. The molecule has 3 aromatic rings. The monoisotopic (exact) mass is 214 g/mol. The van der Waals surface area contributed by atoms with E-state index in [0.29, 0.717) is 11.7 Å². The van der Waals surface area contributed by atoms with E-state index in [1.807, 2.05) is 25.1 Å². The lowest BCUT2D eigenvalue weighted by atomic mass is 10.1. The molecule has 0 radical (unpaired) electrons. The standard InChI is InChI=1S/C11H10N4O/c1-6-13-9-4-7(2-3-10(9)16-6)8-5-11(12)15-14-8/h2-5H,1H3,(H3,12,14,15). The zero-order valence-corrected chi connectivity index (χ0v) is 8.69. The molecule has 16 heavy (non-hydrogen) atoms. The molecule has 1 aromatic carbocycles. The van der Waals surface area contributed by atoms with Crippen LogP contribution in [-0.4, -0.2) is 15.2 Å². The summed E-state index contributed by atoms with van der Waals surface area (Å²) in [6, 6.07) is 7.56. The third kappa shape index (κ3) is 1.33. The second kappa shape index (κ2) is 3.10. The number of H-pyrrole nitrogens is 1. The van der Waals surface area contributed by atoms with Gasteiger partial charge in [0.1, 0.15) is 11.3 Å². The number of aromatic nitrogens is 3. The predicted octanol–water partition coefficient (Wildman–Crippen LogP) is 2.11. The minimum Gasteiger partial charge on any atom is -0.441 e. The highest BCUT2D eigenvalue weighted by atomic mass is 16.3. The highest BCUT2D eigenvalue weighted by molar-refractivity contribution is 5.79. The van der Waals surface area contributed by atoms with Crippen molar-refractivity contribution in [2.45, 2.75) is 6.92 Å². The molecule has 0 amide bonds. The highest BCUT2D eigenvalue weighted by Crippen LogP contribution is 2.24. The number of nitrogens with two attached hydrogens (primary N) is 1. The molecule has 0 aliphatic carbocycles. The smallest absolute Gasteiger partial charge is 0.192 e. The molecule has 0 atom stereocenters. The van der Waals surface area contributed by atoms with Crippen LogP contribution in [0, 0.1) is 6.92 Å². The molecule has 3 rings (SSSR count). The van der Waals surface area contributed by atoms with Gasteiger partial charge in [-0.3, -0.25) is 5.10 Å². The lowest BCUT2D eigenvalue weighted by molar-refractivity contribution is 0.561. The molecular formula is C11H10N4O. The van der Waals surface area contributed by atoms with Gasteiger partial charge < -0.3 is 10.2 Å². The normalized spacial score (nSPS) is 11.1. The van der Waals surface area contributed by atoms with Crippen LogP contribution < -0.4 is 5.73 Å². The van der Waals surface area contributed by atoms with Crippen LogP contribution in [0.1, 0.15) is 5.89 Å². The van der Waals surface area contributed by atoms with E-state index >= 15 is 0 Å². The summed E-state index contributed by atoms with van der Waals surface area (Å²) in [5.41, 5.74) is 9.04. The highest BCUT2D eigenvalue weighted by Gasteiger charge is 2.06. The molecule has 0 fully saturated rings. The van der Waals surface area contributed by atoms with Gasteiger partial charge in [0.15, 0.2) is 11.5 Å². The van der Waals surface area contributed by atoms with Gasteiger partial charge in [0, 0.05) is 18.6 Å². The van der Waals surface area contributed by atoms with Crippen molar-refractivity contribution in [1.82, 2.24) is 15.2 Å². The van der Waals surface area contributed by atoms with Crippen molar-refractivity contribution in [2.24, 2.45) is 0 Å². The first kappa shape index (κ1) is 8.96. The summed E-state index contributed by atoms with van der Waals surface area (Å²) in [7, 11) is 0. The molecule has 0 aliphatic heterocycles. The van der Waals surface area contributed by atoms with E-state index in [1.165, 1.54) is 0 Å².